The van der Waals surface area contributed by atoms with E-state index in [-0.39, 0.29) is 5.91 Å². The first-order chi connectivity index (χ1) is 12.0. The molecule has 1 aliphatic rings. The van der Waals surface area contributed by atoms with Crippen molar-refractivity contribution in [2.75, 3.05) is 5.75 Å². The zero-order chi connectivity index (χ0) is 18.0. The van der Waals surface area contributed by atoms with E-state index in [2.05, 4.69) is 24.0 Å². The SMILES string of the molecule is C[C@H]1CCC[C@H](C)N1C(=O)CSc1nnc(-c2ccc(Cl)cc2)n1C. The number of nitrogens with zero attached hydrogens (tertiary/aromatic N) is 4. The fraction of sp³-hybridized carbons (Fsp3) is 0.500. The van der Waals surface area contributed by atoms with Crippen LogP contribution in [0.2, 0.25) is 5.02 Å². The lowest BCUT2D eigenvalue weighted by molar-refractivity contribution is -0.134. The van der Waals surface area contributed by atoms with Crippen LogP contribution in [0.3, 0.4) is 0 Å². The van der Waals surface area contributed by atoms with Crippen molar-refractivity contribution in [3.8, 4) is 11.4 Å². The summed E-state index contributed by atoms with van der Waals surface area (Å²) in [7, 11) is 1.92. The largest absolute Gasteiger partial charge is 0.337 e. The lowest BCUT2D eigenvalue weighted by atomic mass is 9.98. The molecule has 7 heteroatoms. The Labute approximate surface area is 157 Å². The molecule has 0 unspecified atom stereocenters. The highest BCUT2D eigenvalue weighted by molar-refractivity contribution is 7.99. The lowest BCUT2D eigenvalue weighted by Crippen LogP contribution is -2.48. The number of piperidine rings is 1. The summed E-state index contributed by atoms with van der Waals surface area (Å²) in [6.45, 7) is 4.28. The van der Waals surface area contributed by atoms with Crippen LogP contribution in [0.15, 0.2) is 29.4 Å². The molecule has 1 aromatic carbocycles. The van der Waals surface area contributed by atoms with Crippen LogP contribution in [0.25, 0.3) is 11.4 Å². The van der Waals surface area contributed by atoms with Crippen molar-refractivity contribution in [1.82, 2.24) is 19.7 Å². The Balaban J connectivity index is 1.68. The molecule has 2 heterocycles. The fourth-order valence-corrected chi connectivity index (χ4v) is 4.31. The highest BCUT2D eigenvalue weighted by Gasteiger charge is 2.29. The average Bonchev–Trinajstić information content (AvgIpc) is 2.94. The molecule has 134 valence electrons. The molecule has 0 bridgehead atoms. The van der Waals surface area contributed by atoms with Gasteiger partial charge in [-0.3, -0.25) is 4.79 Å². The van der Waals surface area contributed by atoms with Crippen molar-refractivity contribution in [2.24, 2.45) is 7.05 Å². The number of likely N-dealkylation sites (tertiary alicyclic amines) is 1. The van der Waals surface area contributed by atoms with E-state index in [4.69, 9.17) is 11.6 Å². The monoisotopic (exact) mass is 378 g/mol. The number of carbonyl (C=O) groups excluding carboxylic acids is 1. The van der Waals surface area contributed by atoms with Crippen LogP contribution >= 0.6 is 23.4 Å². The Bertz CT molecular complexity index is 736. The molecule has 1 fully saturated rings. The zero-order valence-electron chi connectivity index (χ0n) is 14.8. The number of hydrogen-bond donors (Lipinski definition) is 0. The van der Waals surface area contributed by atoms with Crippen molar-refractivity contribution in [3.05, 3.63) is 29.3 Å². The zero-order valence-corrected chi connectivity index (χ0v) is 16.3. The number of amides is 1. The van der Waals surface area contributed by atoms with Crippen LogP contribution in [0.1, 0.15) is 33.1 Å². The van der Waals surface area contributed by atoms with Crippen LogP contribution in [-0.2, 0) is 11.8 Å². The van der Waals surface area contributed by atoms with Gasteiger partial charge in [-0.15, -0.1) is 10.2 Å². The van der Waals surface area contributed by atoms with Gasteiger partial charge >= 0.3 is 0 Å². The first-order valence-corrected chi connectivity index (χ1v) is 9.93. The summed E-state index contributed by atoms with van der Waals surface area (Å²) >= 11 is 7.38. The molecule has 2 atom stereocenters. The summed E-state index contributed by atoms with van der Waals surface area (Å²) in [4.78, 5) is 14.7. The Morgan fingerprint density at radius 1 is 1.20 bits per heavy atom. The summed E-state index contributed by atoms with van der Waals surface area (Å²) in [6, 6.07) is 8.15. The van der Waals surface area contributed by atoms with Crippen molar-refractivity contribution >= 4 is 29.3 Å². The van der Waals surface area contributed by atoms with Gasteiger partial charge < -0.3 is 9.47 Å². The minimum atomic E-state index is 0.181. The first kappa shape index (κ1) is 18.3. The number of halogens is 1. The van der Waals surface area contributed by atoms with E-state index in [1.54, 1.807) is 0 Å². The second-order valence-electron chi connectivity index (χ2n) is 6.59. The average molecular weight is 379 g/mol. The number of hydrogen-bond acceptors (Lipinski definition) is 4. The van der Waals surface area contributed by atoms with Gasteiger partial charge in [0.25, 0.3) is 0 Å². The Morgan fingerprint density at radius 3 is 2.48 bits per heavy atom. The molecule has 3 rings (SSSR count). The maximum absolute atomic E-state index is 12.7. The number of carbonyl (C=O) groups is 1. The van der Waals surface area contributed by atoms with E-state index in [1.165, 1.54) is 18.2 Å². The fourth-order valence-electron chi connectivity index (χ4n) is 3.40. The molecule has 0 spiro atoms. The van der Waals surface area contributed by atoms with E-state index in [9.17, 15) is 4.79 Å². The van der Waals surface area contributed by atoms with Crippen LogP contribution in [0.4, 0.5) is 0 Å². The van der Waals surface area contributed by atoms with Crippen LogP contribution < -0.4 is 0 Å². The highest BCUT2D eigenvalue weighted by Crippen LogP contribution is 2.26. The van der Waals surface area contributed by atoms with Gasteiger partial charge in [0.2, 0.25) is 5.91 Å². The first-order valence-electron chi connectivity index (χ1n) is 8.56. The summed E-state index contributed by atoms with van der Waals surface area (Å²) in [5, 5.41) is 9.94. The van der Waals surface area contributed by atoms with Crippen LogP contribution in [0.5, 0.6) is 0 Å². The smallest absolute Gasteiger partial charge is 0.233 e. The van der Waals surface area contributed by atoms with Gasteiger partial charge in [-0.05, 0) is 57.4 Å². The van der Waals surface area contributed by atoms with Gasteiger partial charge in [-0.2, -0.15) is 0 Å². The standard InChI is InChI=1S/C18H23ClN4OS/c1-12-5-4-6-13(2)23(12)16(24)11-25-18-21-20-17(22(18)3)14-7-9-15(19)10-8-14/h7-10,12-13H,4-6,11H2,1-3H3/t12-,13-/m0/s1. The molecule has 0 aliphatic carbocycles. The number of aromatic nitrogens is 3. The maximum atomic E-state index is 12.7. The molecule has 1 aromatic heterocycles. The second-order valence-corrected chi connectivity index (χ2v) is 7.97. The van der Waals surface area contributed by atoms with Gasteiger partial charge in [-0.1, -0.05) is 23.4 Å². The molecular weight excluding hydrogens is 356 g/mol. The molecule has 0 saturated carbocycles. The lowest BCUT2D eigenvalue weighted by Gasteiger charge is -2.39. The Kier molecular flexibility index (Phi) is 5.69. The molecule has 5 nitrogen and oxygen atoms in total. The van der Waals surface area contributed by atoms with E-state index < -0.39 is 0 Å². The molecule has 1 amide bonds. The molecule has 0 radical (unpaired) electrons. The van der Waals surface area contributed by atoms with Crippen LogP contribution in [0, 0.1) is 0 Å². The van der Waals surface area contributed by atoms with Gasteiger partial charge in [-0.25, -0.2) is 0 Å². The molecule has 1 aliphatic heterocycles. The van der Waals surface area contributed by atoms with E-state index in [0.29, 0.717) is 22.9 Å². The second kappa shape index (κ2) is 7.79. The summed E-state index contributed by atoms with van der Waals surface area (Å²) < 4.78 is 1.92. The Hall–Kier alpha value is -1.53. The van der Waals surface area contributed by atoms with Crippen molar-refractivity contribution in [2.45, 2.75) is 50.4 Å². The highest BCUT2D eigenvalue weighted by atomic mass is 35.5. The van der Waals surface area contributed by atoms with Gasteiger partial charge in [0.1, 0.15) is 0 Å². The predicted octanol–water partition coefficient (Wildman–Crippen LogP) is 4.02. The molecule has 1 saturated heterocycles. The topological polar surface area (TPSA) is 51.0 Å². The van der Waals surface area contributed by atoms with E-state index in [1.807, 2.05) is 40.8 Å². The maximum Gasteiger partial charge on any atom is 0.233 e. The van der Waals surface area contributed by atoms with Crippen molar-refractivity contribution < 1.29 is 4.79 Å². The minimum Gasteiger partial charge on any atom is -0.337 e. The van der Waals surface area contributed by atoms with Crippen molar-refractivity contribution in [3.63, 3.8) is 0 Å². The third kappa shape index (κ3) is 4.01. The van der Waals surface area contributed by atoms with Crippen molar-refractivity contribution in [1.29, 1.82) is 0 Å². The molecular formula is C18H23ClN4OS. The normalized spacial score (nSPS) is 20.7. The Morgan fingerprint density at radius 2 is 1.84 bits per heavy atom. The van der Waals surface area contributed by atoms with E-state index >= 15 is 0 Å². The summed E-state index contributed by atoms with van der Waals surface area (Å²) in [5.74, 6) is 1.34. The third-order valence-corrected chi connectivity index (χ3v) is 6.00. The number of benzene rings is 1. The predicted molar refractivity (Wildman–Crippen MR) is 102 cm³/mol. The third-order valence-electron chi connectivity index (χ3n) is 4.74. The molecule has 2 aromatic rings. The summed E-state index contributed by atoms with van der Waals surface area (Å²) in [6.07, 6.45) is 3.38. The van der Waals surface area contributed by atoms with Gasteiger partial charge in [0.15, 0.2) is 11.0 Å². The minimum absolute atomic E-state index is 0.181. The van der Waals surface area contributed by atoms with Gasteiger partial charge in [0, 0.05) is 29.7 Å². The molecule has 25 heavy (non-hydrogen) atoms. The molecule has 0 N–H and O–H groups in total. The van der Waals surface area contributed by atoms with Crippen LogP contribution in [-0.4, -0.2) is 43.4 Å². The van der Waals surface area contributed by atoms with Gasteiger partial charge in [0.05, 0.1) is 5.75 Å². The number of rotatable bonds is 4. The quantitative estimate of drug-likeness (QED) is 0.754. The van der Waals surface area contributed by atoms with E-state index in [0.717, 1.165) is 29.4 Å². The summed E-state index contributed by atoms with van der Waals surface area (Å²) in [5.41, 5.74) is 0.954. The number of thioether (sulfide) groups is 1.